The Kier molecular flexibility index (Phi) is 9.27. The summed E-state index contributed by atoms with van der Waals surface area (Å²) in [4.78, 5) is 8.40. The topological polar surface area (TPSA) is 86.2 Å². The number of benzene rings is 1. The van der Waals surface area contributed by atoms with Crippen molar-refractivity contribution in [2.75, 3.05) is 47.4 Å². The molecule has 3 atom stereocenters. The van der Waals surface area contributed by atoms with Crippen LogP contribution >= 0.6 is 0 Å². The summed E-state index contributed by atoms with van der Waals surface area (Å²) in [5.41, 5.74) is 1.78. The molecule has 0 unspecified atom stereocenters. The molecular formula is C26H36N4O4S. The van der Waals surface area contributed by atoms with Crippen LogP contribution in [0, 0.1) is 17.8 Å². The summed E-state index contributed by atoms with van der Waals surface area (Å²) >= 11 is 0. The van der Waals surface area contributed by atoms with Gasteiger partial charge in [0.15, 0.2) is 0 Å². The van der Waals surface area contributed by atoms with E-state index in [1.807, 2.05) is 51.3 Å². The van der Waals surface area contributed by atoms with Crippen molar-refractivity contribution in [2.45, 2.75) is 37.4 Å². The highest BCUT2D eigenvalue weighted by Crippen LogP contribution is 2.34. The van der Waals surface area contributed by atoms with E-state index in [4.69, 9.17) is 4.74 Å². The number of likely N-dealkylation sites (N-methyl/N-ethyl adjacent to an activating group) is 1. The van der Waals surface area contributed by atoms with E-state index in [1.54, 1.807) is 31.3 Å². The zero-order valence-electron chi connectivity index (χ0n) is 21.2. The van der Waals surface area contributed by atoms with E-state index in [0.717, 1.165) is 5.56 Å². The monoisotopic (exact) mass is 500 g/mol. The van der Waals surface area contributed by atoms with Crippen molar-refractivity contribution >= 4 is 10.0 Å². The number of aliphatic hydroxyl groups excluding tert-OH is 1. The average Bonchev–Trinajstić information content (AvgIpc) is 2.81. The quantitative estimate of drug-likeness (QED) is 0.581. The summed E-state index contributed by atoms with van der Waals surface area (Å²) in [7, 11) is 2.02. The summed E-state index contributed by atoms with van der Waals surface area (Å²) in [6.07, 6.45) is 3.31. The minimum atomic E-state index is -3.87. The van der Waals surface area contributed by atoms with Crippen molar-refractivity contribution in [3.05, 3.63) is 53.9 Å². The molecule has 1 aromatic heterocycles. The normalized spacial score (nSPS) is 20.8. The number of ether oxygens (including phenoxy) is 1. The first-order chi connectivity index (χ1) is 16.6. The number of rotatable bonds is 7. The number of hydrogen-bond acceptors (Lipinski definition) is 7. The average molecular weight is 501 g/mol. The van der Waals surface area contributed by atoms with Gasteiger partial charge in [-0.15, -0.1) is 0 Å². The van der Waals surface area contributed by atoms with E-state index in [-0.39, 0.29) is 30.1 Å². The van der Waals surface area contributed by atoms with Gasteiger partial charge in [0.05, 0.1) is 13.2 Å². The fourth-order valence-electron chi connectivity index (χ4n) is 4.00. The Morgan fingerprint density at radius 1 is 1.29 bits per heavy atom. The summed E-state index contributed by atoms with van der Waals surface area (Å²) in [6, 6.07) is 8.36. The molecular weight excluding hydrogens is 464 g/mol. The molecule has 2 heterocycles. The molecule has 8 nitrogen and oxygen atoms in total. The van der Waals surface area contributed by atoms with E-state index in [9.17, 15) is 13.5 Å². The minimum Gasteiger partial charge on any atom is -0.487 e. The molecule has 0 amide bonds. The van der Waals surface area contributed by atoms with Crippen LogP contribution in [0.5, 0.6) is 5.75 Å². The molecule has 35 heavy (non-hydrogen) atoms. The lowest BCUT2D eigenvalue weighted by molar-refractivity contribution is 0.0733. The molecule has 3 rings (SSSR count). The van der Waals surface area contributed by atoms with Gasteiger partial charge in [0.2, 0.25) is 10.0 Å². The van der Waals surface area contributed by atoms with Crippen LogP contribution < -0.4 is 4.74 Å². The Morgan fingerprint density at radius 3 is 2.71 bits per heavy atom. The second kappa shape index (κ2) is 12.0. The molecule has 1 aliphatic rings. The number of fused-ring (bicyclic) bond motifs is 1. The minimum absolute atomic E-state index is 0.0998. The van der Waals surface area contributed by atoms with Crippen molar-refractivity contribution < 1.29 is 18.3 Å². The van der Waals surface area contributed by atoms with Crippen LogP contribution in [0.4, 0.5) is 0 Å². The highest BCUT2D eigenvalue weighted by molar-refractivity contribution is 7.89. The molecule has 1 aromatic carbocycles. The van der Waals surface area contributed by atoms with Gasteiger partial charge in [-0.2, -0.15) is 4.31 Å². The molecule has 0 saturated carbocycles. The van der Waals surface area contributed by atoms with Crippen LogP contribution in [-0.4, -0.2) is 92.1 Å². The fraction of sp³-hybridized carbons (Fsp3) is 0.500. The molecule has 0 bridgehead atoms. The highest BCUT2D eigenvalue weighted by atomic mass is 32.2. The van der Waals surface area contributed by atoms with Gasteiger partial charge in [0, 0.05) is 49.6 Å². The van der Waals surface area contributed by atoms with Gasteiger partial charge in [-0.3, -0.25) is 14.8 Å². The van der Waals surface area contributed by atoms with Crippen LogP contribution in [0.25, 0.3) is 0 Å². The Morgan fingerprint density at radius 2 is 2.06 bits per heavy atom. The number of sulfonamides is 1. The van der Waals surface area contributed by atoms with E-state index < -0.39 is 16.1 Å². The molecule has 0 fully saturated rings. The maximum Gasteiger partial charge on any atom is 0.247 e. The predicted octanol–water partition coefficient (Wildman–Crippen LogP) is 1.90. The van der Waals surface area contributed by atoms with Gasteiger partial charge in [-0.25, -0.2) is 8.42 Å². The first-order valence-electron chi connectivity index (χ1n) is 11.8. The molecule has 0 aliphatic carbocycles. The molecule has 0 spiro atoms. The van der Waals surface area contributed by atoms with Crippen molar-refractivity contribution in [1.29, 1.82) is 0 Å². The molecule has 9 heteroatoms. The first kappa shape index (κ1) is 27.1. The Hall–Kier alpha value is -2.48. The molecule has 1 aliphatic heterocycles. The van der Waals surface area contributed by atoms with E-state index in [0.29, 0.717) is 30.9 Å². The second-order valence-electron chi connectivity index (χ2n) is 9.50. The largest absolute Gasteiger partial charge is 0.487 e. The highest BCUT2D eigenvalue weighted by Gasteiger charge is 2.38. The van der Waals surface area contributed by atoms with Crippen LogP contribution in [0.3, 0.4) is 0 Å². The summed E-state index contributed by atoms with van der Waals surface area (Å²) in [5, 5.41) is 9.80. The van der Waals surface area contributed by atoms with Gasteiger partial charge in [-0.05, 0) is 57.9 Å². The Balaban J connectivity index is 1.97. The number of nitrogens with zero attached hydrogens (tertiary/aromatic N) is 4. The molecule has 0 saturated heterocycles. The summed E-state index contributed by atoms with van der Waals surface area (Å²) in [6.45, 7) is 5.57. The lowest BCUT2D eigenvalue weighted by atomic mass is 10.0. The number of aliphatic hydroxyl groups is 1. The molecule has 1 N–H and O–H groups in total. The van der Waals surface area contributed by atoms with Crippen LogP contribution in [0.1, 0.15) is 25.0 Å². The van der Waals surface area contributed by atoms with Gasteiger partial charge in [-0.1, -0.05) is 24.8 Å². The van der Waals surface area contributed by atoms with Gasteiger partial charge in [0.25, 0.3) is 0 Å². The summed E-state index contributed by atoms with van der Waals surface area (Å²) < 4.78 is 35.0. The maximum absolute atomic E-state index is 13.6. The third kappa shape index (κ3) is 7.03. The van der Waals surface area contributed by atoms with Gasteiger partial charge in [0.1, 0.15) is 16.7 Å². The molecule has 0 radical (unpaired) electrons. The van der Waals surface area contributed by atoms with Crippen molar-refractivity contribution in [1.82, 2.24) is 19.1 Å². The predicted molar refractivity (Wildman–Crippen MR) is 136 cm³/mol. The van der Waals surface area contributed by atoms with Gasteiger partial charge < -0.3 is 9.84 Å². The van der Waals surface area contributed by atoms with E-state index in [1.165, 1.54) is 4.31 Å². The second-order valence-corrected chi connectivity index (χ2v) is 11.4. The zero-order valence-corrected chi connectivity index (χ0v) is 22.0. The lowest BCUT2D eigenvalue weighted by Crippen LogP contribution is -2.49. The van der Waals surface area contributed by atoms with Crippen molar-refractivity contribution in [2.24, 2.45) is 5.92 Å². The Bertz CT molecular complexity index is 1140. The van der Waals surface area contributed by atoms with E-state index in [2.05, 4.69) is 21.7 Å². The van der Waals surface area contributed by atoms with Crippen LogP contribution in [0.15, 0.2) is 47.6 Å². The molecule has 2 aromatic rings. The third-order valence-electron chi connectivity index (χ3n) is 5.96. The standard InChI is InChI=1S/C26H36N4O4S/c1-20-16-30(21(2)19-31)35(32,33)26-11-10-22(9-7-13-28(3)4)14-24(26)34-25(20)18-29(5)17-23-8-6-12-27-15-23/h6,8,10-12,14-15,20-21,25,31H,13,16-19H2,1-5H3/t20-,21-,25+/m1/s1. The van der Waals surface area contributed by atoms with Crippen molar-refractivity contribution in [3.63, 3.8) is 0 Å². The zero-order chi connectivity index (χ0) is 25.6. The lowest BCUT2D eigenvalue weighted by Gasteiger charge is -2.37. The third-order valence-corrected chi connectivity index (χ3v) is 7.98. The number of aromatic nitrogens is 1. The van der Waals surface area contributed by atoms with Crippen molar-refractivity contribution in [3.8, 4) is 17.6 Å². The number of pyridine rings is 1. The maximum atomic E-state index is 13.6. The SMILES string of the molecule is C[C@@H]1CN([C@H](C)CO)S(=O)(=O)c2ccc(C#CCN(C)C)cc2O[C@H]1CN(C)Cc1cccnc1. The van der Waals surface area contributed by atoms with Crippen LogP contribution in [0.2, 0.25) is 0 Å². The number of hydrogen-bond donors (Lipinski definition) is 1. The van der Waals surface area contributed by atoms with Crippen LogP contribution in [-0.2, 0) is 16.6 Å². The summed E-state index contributed by atoms with van der Waals surface area (Å²) in [5.74, 6) is 6.36. The Labute approximate surface area is 209 Å². The molecule has 190 valence electrons. The van der Waals surface area contributed by atoms with E-state index >= 15 is 0 Å². The van der Waals surface area contributed by atoms with Gasteiger partial charge >= 0.3 is 0 Å². The smallest absolute Gasteiger partial charge is 0.247 e. The fourth-order valence-corrected chi connectivity index (χ4v) is 5.82. The first-order valence-corrected chi connectivity index (χ1v) is 13.2.